The third kappa shape index (κ3) is 4.03. The molecule has 1 N–H and O–H groups in total. The van der Waals surface area contributed by atoms with Gasteiger partial charge in [0.2, 0.25) is 0 Å². The average molecular weight is 267 g/mol. The number of hydrogen-bond donors (Lipinski definition) is 1. The van der Waals surface area contributed by atoms with Gasteiger partial charge in [-0.15, -0.1) is 0 Å². The maximum Gasteiger partial charge on any atom is 0.325 e. The number of carbonyl (C=O) groups is 1. The topological polar surface area (TPSA) is 38.3 Å². The molecule has 0 fully saturated rings. The van der Waals surface area contributed by atoms with Crippen molar-refractivity contribution in [2.75, 3.05) is 13.7 Å². The predicted molar refractivity (Wildman–Crippen MR) is 73.5 cm³/mol. The van der Waals surface area contributed by atoms with Gasteiger partial charge in [-0.2, -0.15) is 0 Å². The molecule has 0 heterocycles. The lowest BCUT2D eigenvalue weighted by Gasteiger charge is -2.31. The van der Waals surface area contributed by atoms with Crippen molar-refractivity contribution in [3.05, 3.63) is 35.6 Å². The second kappa shape index (κ2) is 5.70. The first-order valence-corrected chi connectivity index (χ1v) is 6.28. The summed E-state index contributed by atoms with van der Waals surface area (Å²) in [6.45, 7) is 8.07. The zero-order valence-electron chi connectivity index (χ0n) is 12.2. The summed E-state index contributed by atoms with van der Waals surface area (Å²) in [5, 5.41) is 3.17. The van der Waals surface area contributed by atoms with E-state index in [9.17, 15) is 9.18 Å². The van der Waals surface area contributed by atoms with Gasteiger partial charge in [-0.05, 0) is 31.5 Å². The fourth-order valence-corrected chi connectivity index (χ4v) is 1.78. The van der Waals surface area contributed by atoms with Crippen molar-refractivity contribution in [2.45, 2.75) is 38.6 Å². The van der Waals surface area contributed by atoms with Crippen LogP contribution in [-0.4, -0.2) is 25.2 Å². The van der Waals surface area contributed by atoms with E-state index in [1.807, 2.05) is 19.9 Å². The van der Waals surface area contributed by atoms with E-state index < -0.39 is 5.54 Å². The molecule has 0 bridgehead atoms. The Bertz CT molecular complexity index is 455. The minimum Gasteiger partial charge on any atom is -0.468 e. The van der Waals surface area contributed by atoms with E-state index in [1.54, 1.807) is 19.9 Å². The molecule has 19 heavy (non-hydrogen) atoms. The molecule has 0 aliphatic rings. The van der Waals surface area contributed by atoms with Crippen LogP contribution in [0.2, 0.25) is 0 Å². The van der Waals surface area contributed by atoms with Gasteiger partial charge in [0.15, 0.2) is 0 Å². The molecule has 0 saturated carbocycles. The normalized spacial score (nSPS) is 12.3. The number of benzene rings is 1. The van der Waals surface area contributed by atoms with Crippen LogP contribution >= 0.6 is 0 Å². The zero-order valence-corrected chi connectivity index (χ0v) is 12.2. The highest BCUT2D eigenvalue weighted by Crippen LogP contribution is 2.23. The number of carbonyl (C=O) groups excluding carboxylic acids is 1. The average Bonchev–Trinajstić information content (AvgIpc) is 2.35. The Morgan fingerprint density at radius 2 is 1.95 bits per heavy atom. The quantitative estimate of drug-likeness (QED) is 0.833. The molecule has 0 aromatic heterocycles. The minimum atomic E-state index is -0.765. The van der Waals surface area contributed by atoms with Crippen LogP contribution in [0.25, 0.3) is 0 Å². The van der Waals surface area contributed by atoms with Crippen molar-refractivity contribution in [1.82, 2.24) is 5.32 Å². The Morgan fingerprint density at radius 1 is 1.32 bits per heavy atom. The molecule has 0 aliphatic carbocycles. The molecule has 0 amide bonds. The Morgan fingerprint density at radius 3 is 2.47 bits per heavy atom. The number of ether oxygens (including phenoxy) is 1. The molecule has 3 nitrogen and oxygen atoms in total. The fourth-order valence-electron chi connectivity index (χ4n) is 1.78. The van der Waals surface area contributed by atoms with E-state index in [-0.39, 0.29) is 17.2 Å². The van der Waals surface area contributed by atoms with Gasteiger partial charge in [0.1, 0.15) is 11.4 Å². The lowest BCUT2D eigenvalue weighted by Crippen LogP contribution is -2.51. The van der Waals surface area contributed by atoms with Gasteiger partial charge < -0.3 is 10.1 Å². The lowest BCUT2D eigenvalue weighted by molar-refractivity contribution is -0.147. The van der Waals surface area contributed by atoms with Gasteiger partial charge in [-0.25, -0.2) is 4.39 Å². The number of halogens is 1. The van der Waals surface area contributed by atoms with Gasteiger partial charge in [-0.1, -0.05) is 26.0 Å². The van der Waals surface area contributed by atoms with Crippen molar-refractivity contribution in [2.24, 2.45) is 0 Å². The second-order valence-corrected chi connectivity index (χ2v) is 5.86. The van der Waals surface area contributed by atoms with E-state index in [0.717, 1.165) is 5.56 Å². The van der Waals surface area contributed by atoms with Crippen LogP contribution in [0.4, 0.5) is 4.39 Å². The van der Waals surface area contributed by atoms with Crippen LogP contribution in [0.15, 0.2) is 24.3 Å². The van der Waals surface area contributed by atoms with Crippen LogP contribution in [0, 0.1) is 5.82 Å². The lowest BCUT2D eigenvalue weighted by atomic mass is 9.84. The Labute approximate surface area is 114 Å². The molecule has 0 aliphatic heterocycles. The third-order valence-electron chi connectivity index (χ3n) is 3.27. The van der Waals surface area contributed by atoms with Crippen molar-refractivity contribution < 1.29 is 13.9 Å². The molecule has 0 unspecified atom stereocenters. The molecule has 106 valence electrons. The van der Waals surface area contributed by atoms with E-state index in [1.165, 1.54) is 19.2 Å². The van der Waals surface area contributed by atoms with E-state index in [4.69, 9.17) is 4.74 Å². The zero-order chi connectivity index (χ0) is 14.7. The van der Waals surface area contributed by atoms with Gasteiger partial charge >= 0.3 is 5.97 Å². The van der Waals surface area contributed by atoms with Crippen LogP contribution in [-0.2, 0) is 14.9 Å². The fraction of sp³-hybridized carbons (Fsp3) is 0.533. The first-order valence-electron chi connectivity index (χ1n) is 6.28. The van der Waals surface area contributed by atoms with E-state index in [2.05, 4.69) is 5.32 Å². The standard InChI is InChI=1S/C15H22FNO2/c1-14(2,11-7-6-8-12(16)9-11)10-17-15(3,4)13(18)19-5/h6-9,17H,10H2,1-5H3. The predicted octanol–water partition coefficient (Wildman–Crippen LogP) is 2.64. The van der Waals surface area contributed by atoms with Crippen molar-refractivity contribution >= 4 is 5.97 Å². The monoisotopic (exact) mass is 267 g/mol. The van der Waals surface area contributed by atoms with E-state index in [0.29, 0.717) is 6.54 Å². The smallest absolute Gasteiger partial charge is 0.325 e. The molecular formula is C15H22FNO2. The highest BCUT2D eigenvalue weighted by Gasteiger charge is 2.31. The summed E-state index contributed by atoms with van der Waals surface area (Å²) in [7, 11) is 1.36. The molecule has 0 spiro atoms. The molecule has 4 heteroatoms. The number of esters is 1. The van der Waals surface area contributed by atoms with Crippen LogP contribution < -0.4 is 5.32 Å². The SMILES string of the molecule is COC(=O)C(C)(C)NCC(C)(C)c1cccc(F)c1. The molecule has 0 atom stereocenters. The van der Waals surface area contributed by atoms with Gasteiger partial charge in [0.25, 0.3) is 0 Å². The molecule has 0 radical (unpaired) electrons. The number of methoxy groups -OCH3 is 1. The van der Waals surface area contributed by atoms with Gasteiger partial charge in [-0.3, -0.25) is 4.79 Å². The Kier molecular flexibility index (Phi) is 4.69. The largest absolute Gasteiger partial charge is 0.468 e. The molecule has 1 aromatic rings. The Balaban J connectivity index is 2.78. The summed E-state index contributed by atoms with van der Waals surface area (Å²) < 4.78 is 18.0. The molecular weight excluding hydrogens is 245 g/mol. The summed E-state index contributed by atoms with van der Waals surface area (Å²) in [6.07, 6.45) is 0. The number of hydrogen-bond acceptors (Lipinski definition) is 3. The van der Waals surface area contributed by atoms with Crippen molar-refractivity contribution in [3.8, 4) is 0 Å². The van der Waals surface area contributed by atoms with E-state index >= 15 is 0 Å². The summed E-state index contributed by atoms with van der Waals surface area (Å²) in [6, 6.07) is 6.52. The van der Waals surface area contributed by atoms with Gasteiger partial charge in [0, 0.05) is 12.0 Å². The highest BCUT2D eigenvalue weighted by atomic mass is 19.1. The first-order chi connectivity index (χ1) is 8.69. The number of rotatable bonds is 5. The highest BCUT2D eigenvalue weighted by molar-refractivity contribution is 5.79. The number of nitrogens with one attached hydrogen (secondary N) is 1. The Hall–Kier alpha value is -1.42. The summed E-state index contributed by atoms with van der Waals surface area (Å²) in [4.78, 5) is 11.6. The van der Waals surface area contributed by atoms with Crippen LogP contribution in [0.5, 0.6) is 0 Å². The third-order valence-corrected chi connectivity index (χ3v) is 3.27. The van der Waals surface area contributed by atoms with Crippen molar-refractivity contribution in [1.29, 1.82) is 0 Å². The molecule has 1 rings (SSSR count). The molecule has 1 aromatic carbocycles. The summed E-state index contributed by atoms with van der Waals surface area (Å²) >= 11 is 0. The minimum absolute atomic E-state index is 0.252. The summed E-state index contributed by atoms with van der Waals surface area (Å²) in [5.74, 6) is -0.569. The van der Waals surface area contributed by atoms with Crippen LogP contribution in [0.1, 0.15) is 33.3 Å². The van der Waals surface area contributed by atoms with Crippen LogP contribution in [0.3, 0.4) is 0 Å². The second-order valence-electron chi connectivity index (χ2n) is 5.86. The summed E-state index contributed by atoms with van der Waals surface area (Å²) in [5.41, 5.74) is -0.159. The maximum absolute atomic E-state index is 13.3. The van der Waals surface area contributed by atoms with Crippen molar-refractivity contribution in [3.63, 3.8) is 0 Å². The molecule has 0 saturated heterocycles. The maximum atomic E-state index is 13.3. The van der Waals surface area contributed by atoms with Gasteiger partial charge in [0.05, 0.1) is 7.11 Å². The first kappa shape index (κ1) is 15.6.